The molecule has 6 atom stereocenters. The molecule has 244 valence electrons. The summed E-state index contributed by atoms with van der Waals surface area (Å²) in [7, 11) is -4.53. The van der Waals surface area contributed by atoms with Crippen LogP contribution in [0.15, 0.2) is 36.7 Å². The third-order valence-corrected chi connectivity index (χ3v) is 8.29. The van der Waals surface area contributed by atoms with E-state index in [-0.39, 0.29) is 41.5 Å². The van der Waals surface area contributed by atoms with Crippen LogP contribution in [0.5, 0.6) is 11.6 Å². The number of para-hydroxylation sites is 1. The van der Waals surface area contributed by atoms with E-state index < -0.39 is 50.5 Å². The van der Waals surface area contributed by atoms with Crippen LogP contribution < -0.4 is 20.1 Å². The molecular weight excluding hydrogens is 605 g/mol. The van der Waals surface area contributed by atoms with E-state index in [1.807, 2.05) is 13.8 Å². The Labute approximate surface area is 253 Å². The molecule has 0 radical (unpaired) electrons. The molecule has 0 spiro atoms. The van der Waals surface area contributed by atoms with Gasteiger partial charge in [0.25, 0.3) is 0 Å². The van der Waals surface area contributed by atoms with Gasteiger partial charge in [0.1, 0.15) is 24.0 Å². The molecule has 1 aromatic carbocycles. The summed E-state index contributed by atoms with van der Waals surface area (Å²) in [5.41, 5.74) is 2.55. The van der Waals surface area contributed by atoms with Crippen molar-refractivity contribution in [3.63, 3.8) is 0 Å². The molecule has 0 aliphatic rings. The summed E-state index contributed by atoms with van der Waals surface area (Å²) in [6.07, 6.45) is -5.55. The number of aromatic nitrogens is 4. The van der Waals surface area contributed by atoms with Crippen molar-refractivity contribution >= 4 is 30.8 Å². The fraction of sp³-hybridized carbons (Fsp3) is 0.556. The molecule has 2 heterocycles. The maximum absolute atomic E-state index is 15.9. The van der Waals surface area contributed by atoms with Crippen molar-refractivity contribution in [1.82, 2.24) is 24.6 Å². The van der Waals surface area contributed by atoms with Gasteiger partial charge in [0, 0.05) is 0 Å². The van der Waals surface area contributed by atoms with Gasteiger partial charge in [-0.3, -0.25) is 13.9 Å². The molecular formula is C27H39F2N6O8P. The molecule has 3 rings (SSSR count). The number of nitrogens with one attached hydrogen (secondary N) is 1. The number of alkyl halides is 2. The van der Waals surface area contributed by atoms with E-state index in [1.165, 1.54) is 19.1 Å². The normalized spacial score (nSPS) is 17.3. The number of hydrogen-bond acceptors (Lipinski definition) is 12. The zero-order valence-corrected chi connectivity index (χ0v) is 26.0. The predicted octanol–water partition coefficient (Wildman–Crippen LogP) is 3.64. The van der Waals surface area contributed by atoms with E-state index in [4.69, 9.17) is 24.3 Å². The number of fused-ring (bicyclic) bond motifs is 1. The number of nitrogen functional groups attached to an aromatic ring is 1. The average molecular weight is 645 g/mol. The number of carbonyl (C=O) groups is 1. The molecule has 0 aliphatic heterocycles. The molecule has 44 heavy (non-hydrogen) atoms. The summed E-state index contributed by atoms with van der Waals surface area (Å²) in [5.74, 6) is -0.962. The van der Waals surface area contributed by atoms with Gasteiger partial charge < -0.3 is 29.9 Å². The zero-order valence-electron chi connectivity index (χ0n) is 25.1. The fourth-order valence-electron chi connectivity index (χ4n) is 4.08. The predicted molar refractivity (Wildman–Crippen MR) is 156 cm³/mol. The SMILES string of the molecule is CCOc1nc(N)nc2c1ncn2[C@H](O)[C@](C)(F)[C@H](O)[C@@H](F)COP(=O)(N[C@@H](C)C(=O)OC(CC)CC)Oc1ccccc1. The number of benzene rings is 1. The molecule has 14 nitrogen and oxygen atoms in total. The minimum absolute atomic E-state index is 0.0153. The second kappa shape index (κ2) is 15.0. The lowest BCUT2D eigenvalue weighted by atomic mass is 9.95. The summed E-state index contributed by atoms with van der Waals surface area (Å²) in [6, 6.07) is 6.52. The van der Waals surface area contributed by atoms with Crippen molar-refractivity contribution in [2.45, 2.75) is 83.8 Å². The lowest BCUT2D eigenvalue weighted by Gasteiger charge is -2.33. The summed E-state index contributed by atoms with van der Waals surface area (Å²) in [5, 5.41) is 23.9. The number of hydrogen-bond donors (Lipinski definition) is 4. The van der Waals surface area contributed by atoms with Gasteiger partial charge in [-0.25, -0.2) is 18.3 Å². The maximum Gasteiger partial charge on any atom is 0.459 e. The number of imidazole rings is 1. The van der Waals surface area contributed by atoms with Crippen molar-refractivity contribution in [3.8, 4) is 11.6 Å². The van der Waals surface area contributed by atoms with Crippen LogP contribution in [-0.4, -0.2) is 79.0 Å². The number of nitrogens with two attached hydrogens (primary N) is 1. The molecule has 3 aromatic rings. The third kappa shape index (κ3) is 8.39. The van der Waals surface area contributed by atoms with E-state index in [2.05, 4.69) is 20.0 Å². The van der Waals surface area contributed by atoms with Crippen molar-refractivity contribution in [2.75, 3.05) is 18.9 Å². The first-order valence-corrected chi connectivity index (χ1v) is 15.6. The number of nitrogens with zero attached hydrogens (tertiary/aromatic N) is 4. The molecule has 2 aromatic heterocycles. The largest absolute Gasteiger partial charge is 0.476 e. The second-order valence-electron chi connectivity index (χ2n) is 10.1. The number of aliphatic hydroxyl groups is 2. The Morgan fingerprint density at radius 1 is 1.18 bits per heavy atom. The van der Waals surface area contributed by atoms with Gasteiger partial charge in [-0.2, -0.15) is 15.1 Å². The van der Waals surface area contributed by atoms with Crippen LogP contribution in [0.25, 0.3) is 11.2 Å². The van der Waals surface area contributed by atoms with E-state index in [9.17, 15) is 19.6 Å². The molecule has 17 heteroatoms. The second-order valence-corrected chi connectivity index (χ2v) is 11.7. The number of ether oxygens (including phenoxy) is 2. The molecule has 0 aliphatic carbocycles. The number of esters is 1. The van der Waals surface area contributed by atoms with Gasteiger partial charge in [-0.15, -0.1) is 0 Å². The van der Waals surface area contributed by atoms with Crippen molar-refractivity contribution in [3.05, 3.63) is 36.7 Å². The highest BCUT2D eigenvalue weighted by molar-refractivity contribution is 7.52. The van der Waals surface area contributed by atoms with Crippen LogP contribution in [0.1, 0.15) is 53.7 Å². The summed E-state index contributed by atoms with van der Waals surface area (Å²) in [6.45, 7) is 6.52. The van der Waals surface area contributed by atoms with Crippen LogP contribution in [0.2, 0.25) is 0 Å². The zero-order chi connectivity index (χ0) is 32.7. The van der Waals surface area contributed by atoms with Gasteiger partial charge in [0.2, 0.25) is 11.8 Å². The van der Waals surface area contributed by atoms with E-state index in [0.717, 1.165) is 17.8 Å². The Hall–Kier alpha value is -3.43. The van der Waals surface area contributed by atoms with Crippen LogP contribution in [0.3, 0.4) is 0 Å². The van der Waals surface area contributed by atoms with Gasteiger partial charge in [0.05, 0.1) is 19.5 Å². The Morgan fingerprint density at radius 3 is 2.45 bits per heavy atom. The third-order valence-electron chi connectivity index (χ3n) is 6.65. The van der Waals surface area contributed by atoms with Crippen molar-refractivity contribution in [2.24, 2.45) is 0 Å². The Morgan fingerprint density at radius 2 is 1.84 bits per heavy atom. The first kappa shape index (κ1) is 35.1. The fourth-order valence-corrected chi connectivity index (χ4v) is 5.58. The lowest BCUT2D eigenvalue weighted by molar-refractivity contribution is -0.151. The number of carbonyl (C=O) groups excluding carboxylic acids is 1. The summed E-state index contributed by atoms with van der Waals surface area (Å²) in [4.78, 5) is 24.5. The van der Waals surface area contributed by atoms with Gasteiger partial charge in [0.15, 0.2) is 29.2 Å². The van der Waals surface area contributed by atoms with E-state index in [0.29, 0.717) is 12.8 Å². The first-order chi connectivity index (χ1) is 20.8. The van der Waals surface area contributed by atoms with Crippen LogP contribution in [-0.2, 0) is 18.6 Å². The number of rotatable bonds is 17. The number of anilines is 1. The number of aliphatic hydroxyl groups excluding tert-OH is 2. The molecule has 0 saturated carbocycles. The Bertz CT molecular complexity index is 1430. The smallest absolute Gasteiger partial charge is 0.459 e. The molecule has 0 bridgehead atoms. The highest BCUT2D eigenvalue weighted by Gasteiger charge is 2.47. The standard InChI is InChI=1S/C27H39F2N6O8P/c1-6-17(7-2)42-24(37)16(4)34-44(39,43-18-12-10-9-11-13-18)41-14-19(28)21(36)27(5,29)25(38)35-15-31-20-22(35)32-26(30)33-23(20)40-8-3/h9-13,15-17,19,21,25,36,38H,6-8,14H2,1-5H3,(H,34,39)(H2,30,32,33)/t16-,19-,21+,25+,27+,44?/m0/s1. The molecule has 0 fully saturated rings. The highest BCUT2D eigenvalue weighted by atomic mass is 31.2. The van der Waals surface area contributed by atoms with Crippen LogP contribution >= 0.6 is 7.75 Å². The van der Waals surface area contributed by atoms with Crippen molar-refractivity contribution in [1.29, 1.82) is 0 Å². The molecule has 0 saturated heterocycles. The quantitative estimate of drug-likeness (QED) is 0.123. The summed E-state index contributed by atoms with van der Waals surface area (Å²) < 4.78 is 67.2. The molecule has 0 amide bonds. The van der Waals surface area contributed by atoms with E-state index >= 15 is 8.78 Å². The Balaban J connectivity index is 1.78. The van der Waals surface area contributed by atoms with Crippen LogP contribution in [0.4, 0.5) is 14.7 Å². The van der Waals surface area contributed by atoms with Gasteiger partial charge in [-0.1, -0.05) is 32.0 Å². The minimum Gasteiger partial charge on any atom is -0.476 e. The van der Waals surface area contributed by atoms with Crippen molar-refractivity contribution < 1.29 is 46.9 Å². The Kier molecular flexibility index (Phi) is 12.0. The van der Waals surface area contributed by atoms with E-state index in [1.54, 1.807) is 25.1 Å². The summed E-state index contributed by atoms with van der Waals surface area (Å²) >= 11 is 0. The maximum atomic E-state index is 15.9. The monoisotopic (exact) mass is 644 g/mol. The lowest BCUT2D eigenvalue weighted by Crippen LogP contribution is -2.49. The van der Waals surface area contributed by atoms with Gasteiger partial charge >= 0.3 is 13.7 Å². The highest BCUT2D eigenvalue weighted by Crippen LogP contribution is 2.46. The van der Waals surface area contributed by atoms with Crippen LogP contribution in [0, 0.1) is 0 Å². The average Bonchev–Trinajstić information content (AvgIpc) is 3.42. The minimum atomic E-state index is -4.53. The topological polar surface area (TPSA) is 193 Å². The first-order valence-electron chi connectivity index (χ1n) is 14.1. The molecule has 5 N–H and O–H groups in total. The molecule has 1 unspecified atom stereocenters. The van der Waals surface area contributed by atoms with Gasteiger partial charge in [-0.05, 0) is 45.7 Å². The number of halogens is 2.